The van der Waals surface area contributed by atoms with Crippen LogP contribution in [0.3, 0.4) is 0 Å². The van der Waals surface area contributed by atoms with Crippen molar-refractivity contribution in [3.63, 3.8) is 0 Å². The van der Waals surface area contributed by atoms with Crippen LogP contribution in [0.4, 0.5) is 13.2 Å². The van der Waals surface area contributed by atoms with Crippen LogP contribution >= 0.6 is 0 Å². The van der Waals surface area contributed by atoms with E-state index >= 15 is 0 Å². The minimum absolute atomic E-state index is 0.0374. The zero-order chi connectivity index (χ0) is 27.7. The topological polar surface area (TPSA) is 59.0 Å². The molecule has 1 aliphatic heterocycles. The first-order chi connectivity index (χ1) is 18.5. The quantitative estimate of drug-likeness (QED) is 0.382. The third kappa shape index (κ3) is 4.14. The fraction of sp³-hybridized carbons (Fsp3) is 0.710. The standard InChI is InChI=1S/C31H39F3N2O3/c1-4-25(37)36-26(18-8-6-5-7-9-18)22-17-24-21-11-10-19-16-20(39-28(38)31(32,33)34)12-14-29(19,2)23(21)13-15-30(24,3)27(22)35-36/h5-9,19-24,26H,4,10-17H2,1-3H3/t19-,20-,21+,22+,23-,24-,26+,29-,30-/m0/s1. The molecular formula is C31H39F3N2O3. The molecule has 212 valence electrons. The van der Waals surface area contributed by atoms with E-state index in [2.05, 4.69) is 26.0 Å². The second-order valence-corrected chi connectivity index (χ2v) is 13.2. The third-order valence-electron chi connectivity index (χ3n) is 11.5. The molecule has 5 aliphatic rings. The van der Waals surface area contributed by atoms with Gasteiger partial charge in [0.25, 0.3) is 0 Å². The van der Waals surface area contributed by atoms with Crippen molar-refractivity contribution in [2.24, 2.45) is 45.5 Å². The summed E-state index contributed by atoms with van der Waals surface area (Å²) in [6, 6.07) is 10.2. The zero-order valence-electron chi connectivity index (χ0n) is 23.0. The van der Waals surface area contributed by atoms with Gasteiger partial charge in [-0.15, -0.1) is 0 Å². The highest BCUT2D eigenvalue weighted by atomic mass is 19.4. The van der Waals surface area contributed by atoms with Gasteiger partial charge in [-0.2, -0.15) is 18.3 Å². The van der Waals surface area contributed by atoms with Gasteiger partial charge in [-0.1, -0.05) is 51.1 Å². The Morgan fingerprint density at radius 2 is 1.77 bits per heavy atom. The molecule has 5 nitrogen and oxygen atoms in total. The predicted octanol–water partition coefficient (Wildman–Crippen LogP) is 7.08. The number of hydrazone groups is 1. The van der Waals surface area contributed by atoms with E-state index in [-0.39, 0.29) is 34.6 Å². The van der Waals surface area contributed by atoms with Gasteiger partial charge >= 0.3 is 12.1 Å². The van der Waals surface area contributed by atoms with Crippen molar-refractivity contribution in [2.75, 3.05) is 0 Å². The second-order valence-electron chi connectivity index (χ2n) is 13.2. The van der Waals surface area contributed by atoms with E-state index in [0.717, 1.165) is 44.1 Å². The van der Waals surface area contributed by atoms with Crippen molar-refractivity contribution in [2.45, 2.75) is 96.9 Å². The van der Waals surface area contributed by atoms with Crippen LogP contribution in [0.5, 0.6) is 0 Å². The van der Waals surface area contributed by atoms with Crippen LogP contribution in [0.15, 0.2) is 35.4 Å². The number of benzene rings is 1. The molecule has 1 aromatic rings. The van der Waals surface area contributed by atoms with Gasteiger partial charge in [0.05, 0.1) is 11.8 Å². The summed E-state index contributed by atoms with van der Waals surface area (Å²) in [5.41, 5.74) is 2.36. The Morgan fingerprint density at radius 1 is 1.03 bits per heavy atom. The van der Waals surface area contributed by atoms with E-state index in [1.807, 2.05) is 25.1 Å². The molecule has 4 saturated carbocycles. The number of halogens is 3. The molecule has 0 N–H and O–H groups in total. The number of nitrogens with zero attached hydrogens (tertiary/aromatic N) is 2. The average Bonchev–Trinajstić information content (AvgIpc) is 3.43. The molecule has 0 bridgehead atoms. The number of esters is 1. The highest BCUT2D eigenvalue weighted by Crippen LogP contribution is 2.68. The number of alkyl halides is 3. The lowest BCUT2D eigenvalue weighted by Crippen LogP contribution is -2.54. The van der Waals surface area contributed by atoms with Crippen molar-refractivity contribution >= 4 is 17.6 Å². The molecule has 1 heterocycles. The van der Waals surface area contributed by atoms with Crippen LogP contribution in [0.25, 0.3) is 0 Å². The first kappa shape index (κ1) is 26.8. The SMILES string of the molecule is CCC(=O)N1N=C2[C@H](C[C@H]3[C@@H]4CC[C@H]5C[C@@H](OC(=O)C(F)(F)F)CC[C@]5(C)[C@H]4CC[C@]23C)[C@H]1c1ccccc1. The van der Waals surface area contributed by atoms with Crippen LogP contribution in [0, 0.1) is 40.4 Å². The molecule has 0 saturated heterocycles. The molecule has 1 aromatic carbocycles. The Bertz CT molecular complexity index is 1170. The fourth-order valence-electron chi connectivity index (χ4n) is 9.64. The van der Waals surface area contributed by atoms with Gasteiger partial charge in [-0.05, 0) is 86.0 Å². The summed E-state index contributed by atoms with van der Waals surface area (Å²) in [6.45, 7) is 6.61. The highest BCUT2D eigenvalue weighted by Gasteiger charge is 2.64. The molecular weight excluding hydrogens is 505 g/mol. The normalized spacial score (nSPS) is 41.1. The maximum absolute atomic E-state index is 13.0. The van der Waals surface area contributed by atoms with Crippen LogP contribution in [-0.2, 0) is 14.3 Å². The lowest BCUT2D eigenvalue weighted by atomic mass is 9.45. The minimum atomic E-state index is -4.94. The van der Waals surface area contributed by atoms with Crippen molar-refractivity contribution < 1.29 is 27.5 Å². The molecule has 0 radical (unpaired) electrons. The number of carbonyl (C=O) groups excluding carboxylic acids is 2. The van der Waals surface area contributed by atoms with Crippen molar-refractivity contribution in [1.82, 2.24) is 5.01 Å². The lowest BCUT2D eigenvalue weighted by Gasteiger charge is -2.60. The molecule has 4 fully saturated rings. The number of hydrogen-bond donors (Lipinski definition) is 0. The summed E-state index contributed by atoms with van der Waals surface area (Å²) in [6.07, 6.45) is 1.81. The molecule has 0 spiro atoms. The zero-order valence-corrected chi connectivity index (χ0v) is 23.0. The predicted molar refractivity (Wildman–Crippen MR) is 140 cm³/mol. The number of hydrogen-bond acceptors (Lipinski definition) is 4. The monoisotopic (exact) mass is 544 g/mol. The maximum Gasteiger partial charge on any atom is 0.490 e. The van der Waals surface area contributed by atoms with Crippen LogP contribution in [-0.4, -0.2) is 34.9 Å². The van der Waals surface area contributed by atoms with Gasteiger partial charge in [-0.25, -0.2) is 9.80 Å². The van der Waals surface area contributed by atoms with Crippen LogP contribution < -0.4 is 0 Å². The number of carbonyl (C=O) groups is 2. The average molecular weight is 545 g/mol. The number of fused-ring (bicyclic) bond motifs is 7. The van der Waals surface area contributed by atoms with Gasteiger partial charge < -0.3 is 4.74 Å². The lowest BCUT2D eigenvalue weighted by molar-refractivity contribution is -0.210. The van der Waals surface area contributed by atoms with Gasteiger partial charge in [0, 0.05) is 17.8 Å². The Balaban J connectivity index is 1.24. The summed E-state index contributed by atoms with van der Waals surface area (Å²) < 4.78 is 43.3. The second kappa shape index (κ2) is 9.34. The summed E-state index contributed by atoms with van der Waals surface area (Å²) in [7, 11) is 0. The van der Waals surface area contributed by atoms with E-state index < -0.39 is 18.2 Å². The Labute approximate surface area is 228 Å². The number of rotatable bonds is 3. The van der Waals surface area contributed by atoms with E-state index in [4.69, 9.17) is 9.84 Å². The molecule has 39 heavy (non-hydrogen) atoms. The first-order valence-corrected chi connectivity index (χ1v) is 14.7. The van der Waals surface area contributed by atoms with E-state index in [1.54, 1.807) is 5.01 Å². The Morgan fingerprint density at radius 3 is 2.46 bits per heavy atom. The van der Waals surface area contributed by atoms with Crippen molar-refractivity contribution in [3.8, 4) is 0 Å². The van der Waals surface area contributed by atoms with Crippen LogP contribution in [0.2, 0.25) is 0 Å². The summed E-state index contributed by atoms with van der Waals surface area (Å²) in [4.78, 5) is 24.5. The minimum Gasteiger partial charge on any atom is -0.456 e. The van der Waals surface area contributed by atoms with Crippen LogP contribution in [0.1, 0.15) is 90.2 Å². The molecule has 8 heteroatoms. The van der Waals surface area contributed by atoms with E-state index in [9.17, 15) is 22.8 Å². The summed E-state index contributed by atoms with van der Waals surface area (Å²) >= 11 is 0. The fourth-order valence-corrected chi connectivity index (χ4v) is 9.64. The summed E-state index contributed by atoms with van der Waals surface area (Å²) in [5.74, 6) is 0.0470. The third-order valence-corrected chi connectivity index (χ3v) is 11.5. The van der Waals surface area contributed by atoms with E-state index in [1.165, 1.54) is 5.71 Å². The molecule has 1 amide bonds. The van der Waals surface area contributed by atoms with Crippen molar-refractivity contribution in [1.29, 1.82) is 0 Å². The molecule has 6 rings (SSSR count). The number of amides is 1. The van der Waals surface area contributed by atoms with E-state index in [0.29, 0.717) is 37.0 Å². The van der Waals surface area contributed by atoms with Crippen molar-refractivity contribution in [3.05, 3.63) is 35.9 Å². The van der Waals surface area contributed by atoms with Gasteiger partial charge in [0.15, 0.2) is 0 Å². The van der Waals surface area contributed by atoms with Gasteiger partial charge in [0.1, 0.15) is 6.10 Å². The summed E-state index contributed by atoms with van der Waals surface area (Å²) in [5, 5.41) is 6.86. The Hall–Kier alpha value is -2.38. The number of ether oxygens (including phenoxy) is 1. The largest absolute Gasteiger partial charge is 0.490 e. The smallest absolute Gasteiger partial charge is 0.456 e. The maximum atomic E-state index is 13.0. The highest BCUT2D eigenvalue weighted by molar-refractivity contribution is 5.98. The molecule has 4 aliphatic carbocycles. The Kier molecular flexibility index (Phi) is 6.42. The van der Waals surface area contributed by atoms with Gasteiger partial charge in [-0.3, -0.25) is 4.79 Å². The first-order valence-electron chi connectivity index (χ1n) is 14.7. The molecule has 0 aromatic heterocycles. The molecule has 9 atom stereocenters. The molecule has 0 unspecified atom stereocenters. The van der Waals surface area contributed by atoms with Gasteiger partial charge in [0.2, 0.25) is 5.91 Å².